The molecule has 0 N–H and O–H groups in total. The van der Waals surface area contributed by atoms with E-state index in [0.717, 1.165) is 18.0 Å². The molecule has 0 unspecified atom stereocenters. The van der Waals surface area contributed by atoms with Crippen LogP contribution in [0.25, 0.3) is 5.69 Å². The highest BCUT2D eigenvalue weighted by molar-refractivity contribution is 7.99. The minimum atomic E-state index is 0.710. The molecule has 1 aliphatic rings. The van der Waals surface area contributed by atoms with Crippen molar-refractivity contribution in [2.75, 3.05) is 18.1 Å². The van der Waals surface area contributed by atoms with Gasteiger partial charge in [0.25, 0.3) is 0 Å². The van der Waals surface area contributed by atoms with Crippen LogP contribution in [0.3, 0.4) is 0 Å². The second-order valence-electron chi connectivity index (χ2n) is 4.82. The first kappa shape index (κ1) is 12.6. The van der Waals surface area contributed by atoms with Crippen LogP contribution in [0.15, 0.2) is 42.7 Å². The average molecular weight is 274 g/mol. The number of aromatic nitrogens is 2. The number of rotatable bonds is 4. The molecule has 0 saturated carbocycles. The Bertz CT molecular complexity index is 506. The Morgan fingerprint density at radius 1 is 1.21 bits per heavy atom. The van der Waals surface area contributed by atoms with Gasteiger partial charge in [-0.05, 0) is 42.4 Å². The van der Waals surface area contributed by atoms with Gasteiger partial charge < -0.3 is 4.74 Å². The van der Waals surface area contributed by atoms with Gasteiger partial charge in [-0.25, -0.2) is 4.68 Å². The van der Waals surface area contributed by atoms with E-state index in [-0.39, 0.29) is 0 Å². The maximum absolute atomic E-state index is 5.86. The summed E-state index contributed by atoms with van der Waals surface area (Å²) >= 11 is 2.05. The van der Waals surface area contributed by atoms with Crippen LogP contribution in [0.1, 0.15) is 12.8 Å². The molecular weight excluding hydrogens is 256 g/mol. The lowest BCUT2D eigenvalue weighted by Crippen LogP contribution is -2.17. The van der Waals surface area contributed by atoms with Crippen LogP contribution in [0.5, 0.6) is 5.75 Å². The molecule has 1 fully saturated rings. The summed E-state index contributed by atoms with van der Waals surface area (Å²) in [5.41, 5.74) is 1.06. The van der Waals surface area contributed by atoms with E-state index in [4.69, 9.17) is 4.74 Å². The molecule has 0 spiro atoms. The van der Waals surface area contributed by atoms with Crippen LogP contribution >= 0.6 is 11.8 Å². The van der Waals surface area contributed by atoms with E-state index in [2.05, 4.69) is 5.10 Å². The molecule has 3 rings (SSSR count). The van der Waals surface area contributed by atoms with E-state index in [0.29, 0.717) is 5.92 Å². The topological polar surface area (TPSA) is 27.1 Å². The van der Waals surface area contributed by atoms with Gasteiger partial charge in [-0.3, -0.25) is 0 Å². The van der Waals surface area contributed by atoms with Crippen molar-refractivity contribution >= 4 is 11.8 Å². The predicted molar refractivity (Wildman–Crippen MR) is 79.1 cm³/mol. The summed E-state index contributed by atoms with van der Waals surface area (Å²) in [7, 11) is 0. The molecule has 1 saturated heterocycles. The van der Waals surface area contributed by atoms with Gasteiger partial charge in [0.15, 0.2) is 5.75 Å². The lowest BCUT2D eigenvalue weighted by Gasteiger charge is -2.20. The molecule has 0 amide bonds. The second-order valence-corrected chi connectivity index (χ2v) is 6.05. The van der Waals surface area contributed by atoms with Gasteiger partial charge in [-0.1, -0.05) is 18.2 Å². The van der Waals surface area contributed by atoms with E-state index in [1.54, 1.807) is 6.20 Å². The van der Waals surface area contributed by atoms with Crippen LogP contribution in [0, 0.1) is 5.92 Å². The normalized spacial score (nSPS) is 16.4. The number of hydrogen-bond donors (Lipinski definition) is 0. The number of thioether (sulfide) groups is 1. The van der Waals surface area contributed by atoms with Gasteiger partial charge >= 0.3 is 0 Å². The third-order valence-electron chi connectivity index (χ3n) is 3.41. The van der Waals surface area contributed by atoms with E-state index in [9.17, 15) is 0 Å². The maximum atomic E-state index is 5.86. The molecule has 19 heavy (non-hydrogen) atoms. The first-order chi connectivity index (χ1) is 9.42. The largest absolute Gasteiger partial charge is 0.490 e. The summed E-state index contributed by atoms with van der Waals surface area (Å²) in [6.07, 6.45) is 6.30. The van der Waals surface area contributed by atoms with Crippen LogP contribution in [-0.2, 0) is 0 Å². The predicted octanol–water partition coefficient (Wildman–Crippen LogP) is 3.39. The van der Waals surface area contributed by atoms with Crippen molar-refractivity contribution in [3.05, 3.63) is 42.7 Å². The molecule has 1 aromatic heterocycles. The second kappa shape index (κ2) is 6.15. The first-order valence-corrected chi connectivity index (χ1v) is 7.88. The molecule has 1 aliphatic heterocycles. The highest BCUT2D eigenvalue weighted by Crippen LogP contribution is 2.23. The highest BCUT2D eigenvalue weighted by atomic mass is 32.2. The van der Waals surface area contributed by atoms with Crippen molar-refractivity contribution in [2.45, 2.75) is 12.8 Å². The molecule has 1 aromatic carbocycles. The Hall–Kier alpha value is -1.42. The van der Waals surface area contributed by atoms with E-state index >= 15 is 0 Å². The van der Waals surface area contributed by atoms with Crippen molar-refractivity contribution in [1.82, 2.24) is 9.78 Å². The average Bonchev–Trinajstić information content (AvgIpc) is 2.96. The molecule has 100 valence electrons. The molecule has 0 aliphatic carbocycles. The number of para-hydroxylation sites is 1. The van der Waals surface area contributed by atoms with Crippen LogP contribution in [-0.4, -0.2) is 27.9 Å². The minimum absolute atomic E-state index is 0.710. The fraction of sp³-hybridized carbons (Fsp3) is 0.400. The lowest BCUT2D eigenvalue weighted by atomic mass is 10.0. The third-order valence-corrected chi connectivity index (χ3v) is 4.45. The number of ether oxygens (including phenoxy) is 1. The van der Waals surface area contributed by atoms with Gasteiger partial charge in [0.05, 0.1) is 24.7 Å². The van der Waals surface area contributed by atoms with Crippen LogP contribution in [0.4, 0.5) is 0 Å². The standard InChI is InChI=1S/C15H18N2OS/c1-2-4-14(5-3-1)17-11-15(10-16-17)18-12-13-6-8-19-9-7-13/h1-5,10-11,13H,6-9,12H2. The third kappa shape index (κ3) is 3.32. The van der Waals surface area contributed by atoms with Crippen molar-refractivity contribution in [2.24, 2.45) is 5.92 Å². The summed E-state index contributed by atoms with van der Waals surface area (Å²) in [5, 5.41) is 4.34. The Balaban J connectivity index is 1.59. The fourth-order valence-corrected chi connectivity index (χ4v) is 3.43. The van der Waals surface area contributed by atoms with Crippen molar-refractivity contribution in [3.8, 4) is 11.4 Å². The van der Waals surface area contributed by atoms with E-state index in [1.807, 2.05) is 53.0 Å². The number of nitrogens with zero attached hydrogens (tertiary/aromatic N) is 2. The Morgan fingerprint density at radius 2 is 2.00 bits per heavy atom. The van der Waals surface area contributed by atoms with Crippen molar-refractivity contribution in [1.29, 1.82) is 0 Å². The van der Waals surface area contributed by atoms with Gasteiger partial charge in [-0.15, -0.1) is 0 Å². The number of hydrogen-bond acceptors (Lipinski definition) is 3. The van der Waals surface area contributed by atoms with E-state index in [1.165, 1.54) is 24.3 Å². The summed E-state index contributed by atoms with van der Waals surface area (Å²) in [6, 6.07) is 10.1. The number of benzene rings is 1. The maximum Gasteiger partial charge on any atom is 0.157 e. The highest BCUT2D eigenvalue weighted by Gasteiger charge is 2.14. The molecule has 2 heterocycles. The van der Waals surface area contributed by atoms with Gasteiger partial charge in [-0.2, -0.15) is 16.9 Å². The smallest absolute Gasteiger partial charge is 0.157 e. The molecule has 0 radical (unpaired) electrons. The van der Waals surface area contributed by atoms with Crippen molar-refractivity contribution < 1.29 is 4.74 Å². The molecule has 0 bridgehead atoms. The van der Waals surface area contributed by atoms with Crippen molar-refractivity contribution in [3.63, 3.8) is 0 Å². The zero-order valence-electron chi connectivity index (χ0n) is 10.9. The zero-order chi connectivity index (χ0) is 12.9. The molecule has 0 atom stereocenters. The molecular formula is C15H18N2OS. The SMILES string of the molecule is c1ccc(-n2cc(OCC3CCSCC3)cn2)cc1. The van der Waals surface area contributed by atoms with Crippen LogP contribution < -0.4 is 4.74 Å². The monoisotopic (exact) mass is 274 g/mol. The zero-order valence-corrected chi connectivity index (χ0v) is 11.7. The minimum Gasteiger partial charge on any atom is -0.490 e. The van der Waals surface area contributed by atoms with E-state index < -0.39 is 0 Å². The molecule has 4 heteroatoms. The van der Waals surface area contributed by atoms with Gasteiger partial charge in [0, 0.05) is 0 Å². The Kier molecular flexibility index (Phi) is 4.08. The van der Waals surface area contributed by atoms with Crippen LogP contribution in [0.2, 0.25) is 0 Å². The van der Waals surface area contributed by atoms with Gasteiger partial charge in [0.2, 0.25) is 0 Å². The summed E-state index contributed by atoms with van der Waals surface area (Å²) < 4.78 is 7.71. The first-order valence-electron chi connectivity index (χ1n) is 6.72. The quantitative estimate of drug-likeness (QED) is 0.855. The fourth-order valence-electron chi connectivity index (χ4n) is 2.23. The molecule has 2 aromatic rings. The lowest BCUT2D eigenvalue weighted by molar-refractivity contribution is 0.240. The summed E-state index contributed by atoms with van der Waals surface area (Å²) in [6.45, 7) is 0.820. The summed E-state index contributed by atoms with van der Waals surface area (Å²) in [5.74, 6) is 4.12. The Labute approximate surface area is 118 Å². The summed E-state index contributed by atoms with van der Waals surface area (Å²) in [4.78, 5) is 0. The molecule has 3 nitrogen and oxygen atoms in total. The van der Waals surface area contributed by atoms with Gasteiger partial charge in [0.1, 0.15) is 0 Å². The Morgan fingerprint density at radius 3 is 2.79 bits per heavy atom.